The van der Waals surface area contributed by atoms with E-state index < -0.39 is 5.97 Å². The fraction of sp³-hybridized carbons (Fsp3) is 0.400. The van der Waals surface area contributed by atoms with Gasteiger partial charge in [-0.25, -0.2) is 4.79 Å². The summed E-state index contributed by atoms with van der Waals surface area (Å²) in [6.45, 7) is 2.20. The molecule has 5 nitrogen and oxygen atoms in total. The summed E-state index contributed by atoms with van der Waals surface area (Å²) in [5, 5.41) is 17.5. The van der Waals surface area contributed by atoms with Crippen molar-refractivity contribution in [3.05, 3.63) is 46.0 Å². The fourth-order valence-electron chi connectivity index (χ4n) is 3.38. The predicted molar refractivity (Wildman–Crippen MR) is 81.3 cm³/mol. The number of aromatic carboxylic acids is 1. The standard InChI is InChI=1S/C15H16BrN3O2/c1-9-6-15(7-9,14-18-17-8-19(14)2)11-3-10(13(20)21)4-12(16)5-11/h3-5,8-9H,6-7H2,1-2H3,(H,20,21). The van der Waals surface area contributed by atoms with Crippen LogP contribution in [0.25, 0.3) is 0 Å². The second-order valence-electron chi connectivity index (χ2n) is 5.89. The van der Waals surface area contributed by atoms with E-state index in [9.17, 15) is 9.90 Å². The lowest BCUT2D eigenvalue weighted by Gasteiger charge is -2.46. The zero-order valence-corrected chi connectivity index (χ0v) is 13.5. The van der Waals surface area contributed by atoms with Crippen molar-refractivity contribution in [2.75, 3.05) is 0 Å². The third kappa shape index (κ3) is 2.27. The number of hydrogen-bond donors (Lipinski definition) is 1. The van der Waals surface area contributed by atoms with Crippen LogP contribution in [0.4, 0.5) is 0 Å². The summed E-state index contributed by atoms with van der Waals surface area (Å²) < 4.78 is 2.70. The van der Waals surface area contributed by atoms with E-state index in [0.29, 0.717) is 11.5 Å². The first kappa shape index (κ1) is 14.3. The molecule has 1 aliphatic rings. The lowest BCUT2D eigenvalue weighted by Crippen LogP contribution is -2.43. The lowest BCUT2D eigenvalue weighted by atomic mass is 9.58. The van der Waals surface area contributed by atoms with Crippen LogP contribution in [-0.4, -0.2) is 25.8 Å². The summed E-state index contributed by atoms with van der Waals surface area (Å²) in [4.78, 5) is 11.3. The van der Waals surface area contributed by atoms with Crippen molar-refractivity contribution in [3.8, 4) is 0 Å². The summed E-state index contributed by atoms with van der Waals surface area (Å²) in [7, 11) is 1.93. The fourth-order valence-corrected chi connectivity index (χ4v) is 3.88. The Labute approximate surface area is 131 Å². The number of carboxylic acids is 1. The minimum atomic E-state index is -0.918. The van der Waals surface area contributed by atoms with Crippen LogP contribution in [0.15, 0.2) is 29.0 Å². The van der Waals surface area contributed by atoms with Gasteiger partial charge >= 0.3 is 5.97 Å². The molecule has 0 aliphatic heterocycles. The third-order valence-electron chi connectivity index (χ3n) is 4.23. The number of hydrogen-bond acceptors (Lipinski definition) is 3. The summed E-state index contributed by atoms with van der Waals surface area (Å²) in [5.41, 5.74) is 1.04. The molecule has 21 heavy (non-hydrogen) atoms. The van der Waals surface area contributed by atoms with Crippen LogP contribution in [-0.2, 0) is 12.5 Å². The van der Waals surface area contributed by atoms with E-state index in [1.165, 1.54) is 0 Å². The van der Waals surface area contributed by atoms with Crippen molar-refractivity contribution in [1.29, 1.82) is 0 Å². The maximum atomic E-state index is 11.3. The Morgan fingerprint density at radius 2 is 2.14 bits per heavy atom. The molecule has 110 valence electrons. The number of benzene rings is 1. The molecule has 1 aromatic carbocycles. The lowest BCUT2D eigenvalue weighted by molar-refractivity contribution is 0.0696. The van der Waals surface area contributed by atoms with E-state index in [-0.39, 0.29) is 5.41 Å². The van der Waals surface area contributed by atoms with Crippen molar-refractivity contribution in [1.82, 2.24) is 14.8 Å². The zero-order chi connectivity index (χ0) is 15.2. The van der Waals surface area contributed by atoms with Crippen LogP contribution < -0.4 is 0 Å². The topological polar surface area (TPSA) is 68.0 Å². The van der Waals surface area contributed by atoms with Gasteiger partial charge in [0.25, 0.3) is 0 Å². The Morgan fingerprint density at radius 3 is 2.67 bits per heavy atom. The Hall–Kier alpha value is -1.69. The van der Waals surface area contributed by atoms with Crippen LogP contribution in [0, 0.1) is 5.92 Å². The predicted octanol–water partition coefficient (Wildman–Crippen LogP) is 2.99. The summed E-state index contributed by atoms with van der Waals surface area (Å²) in [5.74, 6) is 0.571. The van der Waals surface area contributed by atoms with E-state index in [1.807, 2.05) is 17.7 Å². The molecule has 0 unspecified atom stereocenters. The van der Waals surface area contributed by atoms with E-state index in [2.05, 4.69) is 33.1 Å². The molecule has 0 amide bonds. The average Bonchev–Trinajstić information content (AvgIpc) is 2.80. The van der Waals surface area contributed by atoms with Crippen LogP contribution >= 0.6 is 15.9 Å². The third-order valence-corrected chi connectivity index (χ3v) is 4.69. The molecule has 3 rings (SSSR count). The highest BCUT2D eigenvalue weighted by atomic mass is 79.9. The van der Waals surface area contributed by atoms with Crippen molar-refractivity contribution in [3.63, 3.8) is 0 Å². The molecule has 2 aromatic rings. The molecule has 1 N–H and O–H groups in total. The Balaban J connectivity index is 2.15. The summed E-state index contributed by atoms with van der Waals surface area (Å²) >= 11 is 3.42. The number of rotatable bonds is 3. The molecule has 0 radical (unpaired) electrons. The van der Waals surface area contributed by atoms with Gasteiger partial charge in [0.1, 0.15) is 12.2 Å². The number of carbonyl (C=O) groups is 1. The Morgan fingerprint density at radius 1 is 1.43 bits per heavy atom. The number of aryl methyl sites for hydroxylation is 1. The van der Waals surface area contributed by atoms with Gasteiger partial charge in [0.05, 0.1) is 11.0 Å². The molecular formula is C15H16BrN3O2. The number of nitrogens with zero attached hydrogens (tertiary/aromatic N) is 3. The molecule has 1 fully saturated rings. The highest BCUT2D eigenvalue weighted by Gasteiger charge is 2.48. The van der Waals surface area contributed by atoms with Gasteiger partial charge in [-0.1, -0.05) is 22.9 Å². The molecule has 0 spiro atoms. The van der Waals surface area contributed by atoms with Crippen LogP contribution in [0.2, 0.25) is 0 Å². The molecule has 1 saturated carbocycles. The quantitative estimate of drug-likeness (QED) is 0.924. The van der Waals surface area contributed by atoms with Crippen LogP contribution in [0.5, 0.6) is 0 Å². The summed E-state index contributed by atoms with van der Waals surface area (Å²) in [6.07, 6.45) is 3.60. The van der Waals surface area contributed by atoms with E-state index >= 15 is 0 Å². The summed E-state index contributed by atoms with van der Waals surface area (Å²) in [6, 6.07) is 5.37. The molecule has 0 bridgehead atoms. The largest absolute Gasteiger partial charge is 0.478 e. The zero-order valence-electron chi connectivity index (χ0n) is 11.9. The first-order valence-electron chi connectivity index (χ1n) is 6.81. The first-order valence-corrected chi connectivity index (χ1v) is 7.60. The number of halogens is 1. The van der Waals surface area contributed by atoms with Gasteiger partial charge in [-0.3, -0.25) is 0 Å². The molecule has 1 heterocycles. The maximum Gasteiger partial charge on any atom is 0.335 e. The molecule has 0 atom stereocenters. The maximum absolute atomic E-state index is 11.3. The average molecular weight is 350 g/mol. The Bertz CT molecular complexity index is 705. The van der Waals surface area contributed by atoms with Gasteiger partial charge in [-0.05, 0) is 42.5 Å². The van der Waals surface area contributed by atoms with E-state index in [1.54, 1.807) is 18.5 Å². The van der Waals surface area contributed by atoms with Gasteiger partial charge in [-0.2, -0.15) is 0 Å². The van der Waals surface area contributed by atoms with Gasteiger partial charge in [0.15, 0.2) is 0 Å². The highest BCUT2D eigenvalue weighted by Crippen LogP contribution is 2.51. The van der Waals surface area contributed by atoms with E-state index in [0.717, 1.165) is 28.7 Å². The first-order chi connectivity index (χ1) is 9.92. The van der Waals surface area contributed by atoms with Gasteiger partial charge in [-0.15, -0.1) is 10.2 Å². The second kappa shape index (κ2) is 4.94. The van der Waals surface area contributed by atoms with Crippen molar-refractivity contribution >= 4 is 21.9 Å². The Kier molecular flexibility index (Phi) is 3.36. The smallest absolute Gasteiger partial charge is 0.335 e. The van der Waals surface area contributed by atoms with Crippen molar-refractivity contribution < 1.29 is 9.90 Å². The highest BCUT2D eigenvalue weighted by molar-refractivity contribution is 9.10. The van der Waals surface area contributed by atoms with Crippen LogP contribution in [0.1, 0.15) is 41.5 Å². The normalized spacial score (nSPS) is 24.6. The van der Waals surface area contributed by atoms with E-state index in [4.69, 9.17) is 0 Å². The SMILES string of the molecule is CC1CC(c2cc(Br)cc(C(=O)O)c2)(c2nncn2C)C1. The molecule has 1 aromatic heterocycles. The molecule has 0 saturated heterocycles. The molecular weight excluding hydrogens is 334 g/mol. The van der Waals surface area contributed by atoms with Gasteiger partial charge in [0.2, 0.25) is 0 Å². The minimum absolute atomic E-state index is 0.237. The minimum Gasteiger partial charge on any atom is -0.478 e. The second-order valence-corrected chi connectivity index (χ2v) is 6.81. The van der Waals surface area contributed by atoms with Gasteiger partial charge < -0.3 is 9.67 Å². The van der Waals surface area contributed by atoms with Gasteiger partial charge in [0, 0.05) is 11.5 Å². The van der Waals surface area contributed by atoms with Crippen LogP contribution in [0.3, 0.4) is 0 Å². The molecule has 6 heteroatoms. The van der Waals surface area contributed by atoms with Crippen molar-refractivity contribution in [2.24, 2.45) is 13.0 Å². The number of carboxylic acid groups (broad SMARTS) is 1. The molecule has 1 aliphatic carbocycles. The van der Waals surface area contributed by atoms with Crippen molar-refractivity contribution in [2.45, 2.75) is 25.2 Å². The monoisotopic (exact) mass is 349 g/mol. The number of aromatic nitrogens is 3.